The maximum atomic E-state index is 12.3. The summed E-state index contributed by atoms with van der Waals surface area (Å²) in [5, 5.41) is 3.14. The Morgan fingerprint density at radius 2 is 1.93 bits per heavy atom. The molecule has 2 aromatic rings. The molecular weight excluding hydrogens is 412 g/mol. The molecule has 0 aromatic heterocycles. The van der Waals surface area contributed by atoms with Gasteiger partial charge in [0.05, 0.1) is 17.6 Å². The lowest BCUT2D eigenvalue weighted by Gasteiger charge is -2.31. The van der Waals surface area contributed by atoms with E-state index in [9.17, 15) is 13.2 Å². The van der Waals surface area contributed by atoms with E-state index < -0.39 is 21.5 Å². The van der Waals surface area contributed by atoms with Crippen LogP contribution < -0.4 is 5.32 Å². The minimum Gasteiger partial charge on any atom is -0.376 e. The number of sulfone groups is 1. The molecule has 1 heterocycles. The monoisotopic (exact) mass is 436 g/mol. The molecule has 1 saturated heterocycles. The first kappa shape index (κ1) is 21.8. The van der Waals surface area contributed by atoms with Gasteiger partial charge in [0, 0.05) is 31.2 Å². The molecule has 1 unspecified atom stereocenters. The first-order valence-electron chi connectivity index (χ1n) is 9.48. The van der Waals surface area contributed by atoms with E-state index in [-0.39, 0.29) is 17.5 Å². The van der Waals surface area contributed by atoms with Crippen molar-refractivity contribution in [3.63, 3.8) is 0 Å². The van der Waals surface area contributed by atoms with E-state index in [1.807, 2.05) is 18.2 Å². The lowest BCUT2D eigenvalue weighted by Crippen LogP contribution is -2.40. The quantitative estimate of drug-likeness (QED) is 0.722. The lowest BCUT2D eigenvalue weighted by molar-refractivity contribution is -0.118. The molecule has 1 atom stereocenters. The summed E-state index contributed by atoms with van der Waals surface area (Å²) >= 11 is 5.78. The second-order valence-corrected chi connectivity index (χ2v) is 9.65. The van der Waals surface area contributed by atoms with Crippen LogP contribution in [0.1, 0.15) is 18.1 Å². The zero-order chi connectivity index (χ0) is 20.9. The molecule has 0 bridgehead atoms. The summed E-state index contributed by atoms with van der Waals surface area (Å²) in [6.45, 7) is 5.69. The highest BCUT2D eigenvalue weighted by Gasteiger charge is 2.19. The Morgan fingerprint density at radius 1 is 1.21 bits per heavy atom. The average molecular weight is 437 g/mol. The molecule has 1 aliphatic rings. The second kappa shape index (κ2) is 9.71. The summed E-state index contributed by atoms with van der Waals surface area (Å²) in [6.07, 6.45) is 0.230. The van der Waals surface area contributed by atoms with Crippen LogP contribution >= 0.6 is 11.6 Å². The minimum atomic E-state index is -3.70. The fourth-order valence-corrected chi connectivity index (χ4v) is 4.57. The molecule has 0 radical (unpaired) electrons. The molecule has 1 N–H and O–H groups in total. The zero-order valence-electron chi connectivity index (χ0n) is 16.3. The van der Waals surface area contributed by atoms with Crippen molar-refractivity contribution in [3.8, 4) is 0 Å². The molecule has 1 amide bonds. The van der Waals surface area contributed by atoms with Crippen LogP contribution in [0.2, 0.25) is 5.02 Å². The highest BCUT2D eigenvalue weighted by Crippen LogP contribution is 2.16. The van der Waals surface area contributed by atoms with E-state index in [0.29, 0.717) is 5.02 Å². The van der Waals surface area contributed by atoms with Gasteiger partial charge in [0.1, 0.15) is 5.75 Å². The Bertz CT molecular complexity index is 947. The van der Waals surface area contributed by atoms with Crippen molar-refractivity contribution in [2.75, 3.05) is 25.4 Å². The van der Waals surface area contributed by atoms with Crippen LogP contribution in [0.5, 0.6) is 0 Å². The third-order valence-corrected chi connectivity index (χ3v) is 6.59. The maximum Gasteiger partial charge on any atom is 0.235 e. The Morgan fingerprint density at radius 3 is 2.66 bits per heavy atom. The van der Waals surface area contributed by atoms with Gasteiger partial charge in [0.25, 0.3) is 0 Å². The largest absolute Gasteiger partial charge is 0.376 e. The number of hydrogen-bond acceptors (Lipinski definition) is 5. The number of morpholine rings is 1. The Hall–Kier alpha value is -1.93. The molecule has 3 rings (SSSR count). The van der Waals surface area contributed by atoms with Gasteiger partial charge in [-0.1, -0.05) is 35.9 Å². The number of benzene rings is 2. The normalized spacial score (nSPS) is 17.8. The van der Waals surface area contributed by atoms with Gasteiger partial charge in [0.15, 0.2) is 9.84 Å². The lowest BCUT2D eigenvalue weighted by atomic mass is 10.1. The Kier molecular flexibility index (Phi) is 7.29. The van der Waals surface area contributed by atoms with Crippen molar-refractivity contribution in [1.29, 1.82) is 0 Å². The summed E-state index contributed by atoms with van der Waals surface area (Å²) < 4.78 is 30.3. The van der Waals surface area contributed by atoms with Crippen LogP contribution in [0, 0.1) is 0 Å². The Labute approximate surface area is 176 Å². The van der Waals surface area contributed by atoms with Gasteiger partial charge >= 0.3 is 0 Å². The third kappa shape index (κ3) is 6.54. The van der Waals surface area contributed by atoms with Crippen molar-refractivity contribution in [1.82, 2.24) is 10.2 Å². The summed E-state index contributed by atoms with van der Waals surface area (Å²) in [5.74, 6) is -1.13. The predicted molar refractivity (Wildman–Crippen MR) is 112 cm³/mol. The first-order valence-corrected chi connectivity index (χ1v) is 11.5. The number of hydrogen-bond donors (Lipinski definition) is 1. The molecule has 0 saturated carbocycles. The van der Waals surface area contributed by atoms with Crippen LogP contribution in [0.4, 0.5) is 0 Å². The van der Waals surface area contributed by atoms with E-state index in [4.69, 9.17) is 16.3 Å². The number of halogens is 1. The number of ether oxygens (including phenoxy) is 1. The van der Waals surface area contributed by atoms with Gasteiger partial charge in [-0.3, -0.25) is 9.69 Å². The molecule has 0 aliphatic carbocycles. The molecule has 1 aliphatic heterocycles. The molecule has 2 aromatic carbocycles. The molecular formula is C21H25ClN2O4S. The van der Waals surface area contributed by atoms with Crippen LogP contribution in [-0.2, 0) is 32.5 Å². The van der Waals surface area contributed by atoms with Gasteiger partial charge in [-0.2, -0.15) is 0 Å². The van der Waals surface area contributed by atoms with Crippen molar-refractivity contribution in [2.45, 2.75) is 31.0 Å². The zero-order valence-corrected chi connectivity index (χ0v) is 17.9. The summed E-state index contributed by atoms with van der Waals surface area (Å²) in [4.78, 5) is 14.6. The van der Waals surface area contributed by atoms with Gasteiger partial charge in [-0.05, 0) is 42.3 Å². The van der Waals surface area contributed by atoms with E-state index in [1.54, 1.807) is 0 Å². The van der Waals surface area contributed by atoms with Crippen LogP contribution in [0.25, 0.3) is 0 Å². The van der Waals surface area contributed by atoms with Crippen molar-refractivity contribution < 1.29 is 17.9 Å². The third-order valence-electron chi connectivity index (χ3n) is 4.71. The number of amides is 1. The summed E-state index contributed by atoms with van der Waals surface area (Å²) in [6, 6.07) is 13.7. The molecule has 6 nitrogen and oxygen atoms in total. The van der Waals surface area contributed by atoms with E-state index in [1.165, 1.54) is 24.3 Å². The summed E-state index contributed by atoms with van der Waals surface area (Å²) in [7, 11) is -3.70. The predicted octanol–water partition coefficient (Wildman–Crippen LogP) is 2.65. The fourth-order valence-electron chi connectivity index (χ4n) is 3.28. The minimum absolute atomic E-state index is 0.0822. The van der Waals surface area contributed by atoms with E-state index in [0.717, 1.165) is 37.4 Å². The van der Waals surface area contributed by atoms with Crippen molar-refractivity contribution in [2.24, 2.45) is 0 Å². The standard InChI is InChI=1S/C21H25ClN2O4S/c1-16-13-24(9-10-28-16)14-18-4-2-3-17(11-18)12-23-21(25)15-29(26,27)20-7-5-19(22)6-8-20/h2-8,11,16H,9-10,12-15H2,1H3,(H,23,25). The van der Waals surface area contributed by atoms with Crippen molar-refractivity contribution in [3.05, 3.63) is 64.7 Å². The Balaban J connectivity index is 1.54. The second-order valence-electron chi connectivity index (χ2n) is 7.23. The van der Waals surface area contributed by atoms with E-state index in [2.05, 4.69) is 23.2 Å². The van der Waals surface area contributed by atoms with Crippen molar-refractivity contribution >= 4 is 27.3 Å². The number of nitrogens with zero attached hydrogens (tertiary/aromatic N) is 1. The fraction of sp³-hybridized carbons (Fsp3) is 0.381. The smallest absolute Gasteiger partial charge is 0.235 e. The first-order chi connectivity index (χ1) is 13.8. The number of carbonyl (C=O) groups is 1. The maximum absolute atomic E-state index is 12.3. The number of carbonyl (C=O) groups excluding carboxylic acids is 1. The molecule has 1 fully saturated rings. The SMILES string of the molecule is CC1CN(Cc2cccc(CNC(=O)CS(=O)(=O)c3ccc(Cl)cc3)c2)CCO1. The van der Waals surface area contributed by atoms with Gasteiger partial charge in [-0.25, -0.2) is 8.42 Å². The average Bonchev–Trinajstić information content (AvgIpc) is 2.67. The number of rotatable bonds is 7. The van der Waals surface area contributed by atoms with Gasteiger partial charge in [-0.15, -0.1) is 0 Å². The van der Waals surface area contributed by atoms with Crippen LogP contribution in [0.3, 0.4) is 0 Å². The van der Waals surface area contributed by atoms with Gasteiger partial charge in [0.2, 0.25) is 5.91 Å². The highest BCUT2D eigenvalue weighted by molar-refractivity contribution is 7.92. The molecule has 156 valence electrons. The molecule has 0 spiro atoms. The molecule has 29 heavy (non-hydrogen) atoms. The molecule has 8 heteroatoms. The van der Waals surface area contributed by atoms with Gasteiger partial charge < -0.3 is 10.1 Å². The number of nitrogens with one attached hydrogen (secondary N) is 1. The topological polar surface area (TPSA) is 75.7 Å². The summed E-state index contributed by atoms with van der Waals surface area (Å²) in [5.41, 5.74) is 2.08. The van der Waals surface area contributed by atoms with Crippen LogP contribution in [-0.4, -0.2) is 50.8 Å². The van der Waals surface area contributed by atoms with Crippen LogP contribution in [0.15, 0.2) is 53.4 Å². The van der Waals surface area contributed by atoms with E-state index >= 15 is 0 Å². The highest BCUT2D eigenvalue weighted by atomic mass is 35.5.